The van der Waals surface area contributed by atoms with Crippen LogP contribution < -0.4 is 10.6 Å². The van der Waals surface area contributed by atoms with Gasteiger partial charge in [-0.15, -0.1) is 11.3 Å². The molecule has 0 bridgehead atoms. The van der Waals surface area contributed by atoms with Crippen LogP contribution >= 0.6 is 11.3 Å². The van der Waals surface area contributed by atoms with Crippen molar-refractivity contribution in [3.8, 4) is 0 Å². The van der Waals surface area contributed by atoms with Gasteiger partial charge >= 0.3 is 0 Å². The van der Waals surface area contributed by atoms with Crippen LogP contribution in [0.15, 0.2) is 6.07 Å². The van der Waals surface area contributed by atoms with Crippen molar-refractivity contribution < 1.29 is 10.2 Å². The van der Waals surface area contributed by atoms with Crippen LogP contribution in [-0.2, 0) is 6.42 Å². The first-order valence-electron chi connectivity index (χ1n) is 7.09. The maximum absolute atomic E-state index is 9.61. The van der Waals surface area contributed by atoms with Crippen LogP contribution in [0.3, 0.4) is 0 Å². The highest BCUT2D eigenvalue weighted by Crippen LogP contribution is 2.32. The van der Waals surface area contributed by atoms with Crippen LogP contribution in [0.25, 0.3) is 10.2 Å². The zero-order chi connectivity index (χ0) is 15.5. The number of aliphatic hydroxyl groups is 2. The van der Waals surface area contributed by atoms with E-state index in [9.17, 15) is 10.2 Å². The van der Waals surface area contributed by atoms with E-state index in [2.05, 4.69) is 33.6 Å². The lowest BCUT2D eigenvalue weighted by Gasteiger charge is -2.30. The predicted molar refractivity (Wildman–Crippen MR) is 87.2 cm³/mol. The van der Waals surface area contributed by atoms with Crippen molar-refractivity contribution in [1.82, 2.24) is 9.97 Å². The molecule has 0 fully saturated rings. The predicted octanol–water partition coefficient (Wildman–Crippen LogP) is 1.84. The Labute approximate surface area is 128 Å². The van der Waals surface area contributed by atoms with Crippen LogP contribution in [0.4, 0.5) is 11.8 Å². The minimum atomic E-state index is -0.777. The van der Waals surface area contributed by atoms with Crippen molar-refractivity contribution in [3.05, 3.63) is 10.9 Å². The highest BCUT2D eigenvalue weighted by Gasteiger charge is 2.28. The second-order valence-electron chi connectivity index (χ2n) is 5.01. The van der Waals surface area contributed by atoms with Crippen molar-refractivity contribution in [3.63, 3.8) is 0 Å². The van der Waals surface area contributed by atoms with Crippen LogP contribution in [0, 0.1) is 0 Å². The Morgan fingerprint density at radius 3 is 2.48 bits per heavy atom. The maximum atomic E-state index is 9.61. The topological polar surface area (TPSA) is 90.3 Å². The molecule has 0 atom stereocenters. The lowest BCUT2D eigenvalue weighted by Crippen LogP contribution is -2.45. The molecule has 0 spiro atoms. The summed E-state index contributed by atoms with van der Waals surface area (Å²) < 4.78 is 0. The standard InChI is InChI=1S/C14H22N4O2S/c1-4-9-6-10-11(18-14(5-2,7-19)8-20)16-13(15-3)17-12(10)21-9/h6,19-20H,4-5,7-8H2,1-3H3,(H2,15,16,17,18). The number of aliphatic hydroxyl groups excluding tert-OH is 2. The molecule has 0 amide bonds. The Balaban J connectivity index is 2.52. The van der Waals surface area contributed by atoms with Gasteiger partial charge in [0.2, 0.25) is 5.95 Å². The van der Waals surface area contributed by atoms with Crippen LogP contribution in [0.1, 0.15) is 25.1 Å². The van der Waals surface area contributed by atoms with E-state index in [0.717, 1.165) is 16.6 Å². The summed E-state index contributed by atoms with van der Waals surface area (Å²) in [6.45, 7) is 3.69. The van der Waals surface area contributed by atoms with Gasteiger partial charge in [0.15, 0.2) is 0 Å². The monoisotopic (exact) mass is 310 g/mol. The molecule has 0 saturated heterocycles. The summed E-state index contributed by atoms with van der Waals surface area (Å²) in [4.78, 5) is 11.0. The molecule has 2 aromatic heterocycles. The Morgan fingerprint density at radius 2 is 1.95 bits per heavy atom. The molecule has 0 radical (unpaired) electrons. The number of thiophene rings is 1. The van der Waals surface area contributed by atoms with E-state index < -0.39 is 5.54 Å². The van der Waals surface area contributed by atoms with Gasteiger partial charge in [0, 0.05) is 11.9 Å². The number of nitrogens with zero attached hydrogens (tertiary/aromatic N) is 2. The van der Waals surface area contributed by atoms with Crippen molar-refractivity contribution in [2.24, 2.45) is 0 Å². The smallest absolute Gasteiger partial charge is 0.225 e. The van der Waals surface area contributed by atoms with Gasteiger partial charge in [-0.3, -0.25) is 0 Å². The van der Waals surface area contributed by atoms with Crippen molar-refractivity contribution in [1.29, 1.82) is 0 Å². The van der Waals surface area contributed by atoms with E-state index in [1.54, 1.807) is 18.4 Å². The lowest BCUT2D eigenvalue weighted by atomic mass is 9.98. The molecular weight excluding hydrogens is 288 g/mol. The van der Waals surface area contributed by atoms with E-state index >= 15 is 0 Å². The highest BCUT2D eigenvalue weighted by molar-refractivity contribution is 7.18. The fourth-order valence-corrected chi connectivity index (χ4v) is 3.01. The number of hydrogen-bond donors (Lipinski definition) is 4. The minimum Gasteiger partial charge on any atom is -0.394 e. The molecule has 2 rings (SSSR count). The Morgan fingerprint density at radius 1 is 1.24 bits per heavy atom. The maximum Gasteiger partial charge on any atom is 0.225 e. The SMILES string of the molecule is CCc1cc2c(NC(CC)(CO)CO)nc(NC)nc2s1. The summed E-state index contributed by atoms with van der Waals surface area (Å²) >= 11 is 1.63. The molecule has 0 aliphatic carbocycles. The summed E-state index contributed by atoms with van der Waals surface area (Å²) in [6, 6.07) is 2.07. The molecule has 0 aliphatic heterocycles. The average Bonchev–Trinajstić information content (AvgIpc) is 2.95. The molecule has 4 N–H and O–H groups in total. The van der Waals surface area contributed by atoms with Gasteiger partial charge in [-0.1, -0.05) is 13.8 Å². The van der Waals surface area contributed by atoms with Gasteiger partial charge in [0.1, 0.15) is 10.6 Å². The van der Waals surface area contributed by atoms with Crippen molar-refractivity contribution >= 4 is 33.3 Å². The average molecular weight is 310 g/mol. The molecule has 21 heavy (non-hydrogen) atoms. The van der Waals surface area contributed by atoms with Crippen molar-refractivity contribution in [2.45, 2.75) is 32.2 Å². The first-order valence-corrected chi connectivity index (χ1v) is 7.91. The van der Waals surface area contributed by atoms with Crippen LogP contribution in [-0.4, -0.2) is 46.0 Å². The first kappa shape index (κ1) is 15.9. The molecule has 116 valence electrons. The number of aryl methyl sites for hydroxylation is 1. The van der Waals surface area contributed by atoms with E-state index in [0.29, 0.717) is 18.2 Å². The number of aromatic nitrogens is 2. The third kappa shape index (κ3) is 3.09. The van der Waals surface area contributed by atoms with E-state index in [1.165, 1.54) is 4.88 Å². The zero-order valence-corrected chi connectivity index (χ0v) is 13.4. The third-order valence-corrected chi connectivity index (χ3v) is 4.85. The van der Waals surface area contributed by atoms with E-state index in [4.69, 9.17) is 0 Å². The fourth-order valence-electron chi connectivity index (χ4n) is 2.04. The molecule has 0 aliphatic rings. The molecule has 7 heteroatoms. The summed E-state index contributed by atoms with van der Waals surface area (Å²) in [7, 11) is 1.77. The number of rotatable bonds is 7. The second-order valence-corrected chi connectivity index (χ2v) is 6.12. The molecule has 0 aromatic carbocycles. The summed E-state index contributed by atoms with van der Waals surface area (Å²) in [6.07, 6.45) is 1.53. The largest absolute Gasteiger partial charge is 0.394 e. The summed E-state index contributed by atoms with van der Waals surface area (Å²) in [5.41, 5.74) is -0.777. The van der Waals surface area contributed by atoms with Gasteiger partial charge in [-0.2, -0.15) is 4.98 Å². The Bertz CT molecular complexity index is 602. The first-order chi connectivity index (χ1) is 10.1. The van der Waals surface area contributed by atoms with Crippen LogP contribution in [0.2, 0.25) is 0 Å². The lowest BCUT2D eigenvalue weighted by molar-refractivity contribution is 0.132. The molecule has 2 aromatic rings. The molecule has 0 saturated carbocycles. The molecule has 0 unspecified atom stereocenters. The van der Waals surface area contributed by atoms with Gasteiger partial charge in [0.05, 0.1) is 24.1 Å². The number of anilines is 2. The van der Waals surface area contributed by atoms with E-state index in [1.807, 2.05) is 6.92 Å². The normalized spacial score (nSPS) is 11.9. The van der Waals surface area contributed by atoms with Gasteiger partial charge in [-0.05, 0) is 18.9 Å². The summed E-state index contributed by atoms with van der Waals surface area (Å²) in [5.74, 6) is 1.17. The quantitative estimate of drug-likeness (QED) is 0.624. The zero-order valence-electron chi connectivity index (χ0n) is 12.6. The highest BCUT2D eigenvalue weighted by atomic mass is 32.1. The Kier molecular flexibility index (Phi) is 4.97. The number of fused-ring (bicyclic) bond motifs is 1. The summed E-state index contributed by atoms with van der Waals surface area (Å²) in [5, 5.41) is 26.3. The number of hydrogen-bond acceptors (Lipinski definition) is 7. The fraction of sp³-hybridized carbons (Fsp3) is 0.571. The van der Waals surface area contributed by atoms with Gasteiger partial charge in [-0.25, -0.2) is 4.98 Å². The third-order valence-electron chi connectivity index (χ3n) is 3.68. The molecule has 6 nitrogen and oxygen atoms in total. The van der Waals surface area contributed by atoms with Gasteiger partial charge in [0.25, 0.3) is 0 Å². The second kappa shape index (κ2) is 6.55. The molecular formula is C14H22N4O2S. The molecule has 2 heterocycles. The van der Waals surface area contributed by atoms with Gasteiger partial charge < -0.3 is 20.8 Å². The van der Waals surface area contributed by atoms with Crippen molar-refractivity contribution in [2.75, 3.05) is 30.9 Å². The minimum absolute atomic E-state index is 0.162. The Hall–Kier alpha value is -1.44. The number of nitrogens with one attached hydrogen (secondary N) is 2. The van der Waals surface area contributed by atoms with E-state index in [-0.39, 0.29) is 13.2 Å². The van der Waals surface area contributed by atoms with Crippen LogP contribution in [0.5, 0.6) is 0 Å².